The average molecular weight is 232 g/mol. The van der Waals surface area contributed by atoms with E-state index < -0.39 is 17.5 Å². The van der Waals surface area contributed by atoms with Crippen molar-refractivity contribution in [3.63, 3.8) is 0 Å². The van der Waals surface area contributed by atoms with E-state index in [1.165, 1.54) is 6.07 Å². The fourth-order valence-electron chi connectivity index (χ4n) is 1.27. The summed E-state index contributed by atoms with van der Waals surface area (Å²) in [5.74, 6) is -0.316. The average Bonchev–Trinajstić information content (AvgIpc) is 2.19. The summed E-state index contributed by atoms with van der Waals surface area (Å²) in [6.45, 7) is 1.82. The third kappa shape index (κ3) is 4.07. The molecule has 0 bridgehead atoms. The monoisotopic (exact) mass is 232 g/mol. The lowest BCUT2D eigenvalue weighted by Gasteiger charge is -2.12. The first-order chi connectivity index (χ1) is 7.13. The highest BCUT2D eigenvalue weighted by atomic mass is 32.2. The van der Waals surface area contributed by atoms with E-state index in [2.05, 4.69) is 0 Å². The Balaban J connectivity index is 2.66. The van der Waals surface area contributed by atoms with Gasteiger partial charge in [0.1, 0.15) is 5.82 Å². The maximum absolute atomic E-state index is 13.2. The van der Waals surface area contributed by atoms with Crippen molar-refractivity contribution in [2.45, 2.75) is 25.9 Å². The number of rotatable bonds is 5. The van der Waals surface area contributed by atoms with E-state index in [0.29, 0.717) is 18.4 Å². The zero-order valence-corrected chi connectivity index (χ0v) is 9.17. The van der Waals surface area contributed by atoms with Crippen LogP contribution in [-0.2, 0) is 22.0 Å². The summed E-state index contributed by atoms with van der Waals surface area (Å²) in [7, 11) is 0. The molecule has 0 saturated carbocycles. The summed E-state index contributed by atoms with van der Waals surface area (Å²) in [6.07, 6.45) is 0.420. The van der Waals surface area contributed by atoms with E-state index in [-0.39, 0.29) is 5.82 Å². The smallest absolute Gasteiger partial charge is 0.284 e. The predicted octanol–water partition coefficient (Wildman–Crippen LogP) is 2.30. The molecule has 3 nitrogen and oxygen atoms in total. The van der Waals surface area contributed by atoms with E-state index in [9.17, 15) is 8.60 Å². The Hall–Kier alpha value is -0.780. The summed E-state index contributed by atoms with van der Waals surface area (Å²) >= 11 is -2.30. The van der Waals surface area contributed by atoms with Crippen molar-refractivity contribution in [2.24, 2.45) is 0 Å². The molecule has 15 heavy (non-hydrogen) atoms. The van der Waals surface area contributed by atoms with Gasteiger partial charge in [-0.1, -0.05) is 25.1 Å². The first-order valence-corrected chi connectivity index (χ1v) is 5.68. The van der Waals surface area contributed by atoms with Gasteiger partial charge in [-0.25, -0.2) is 4.39 Å². The molecular formula is C10H13FO3S. The molecule has 84 valence electrons. The molecule has 2 atom stereocenters. The molecule has 0 aliphatic carbocycles. The van der Waals surface area contributed by atoms with Crippen LogP contribution in [0.15, 0.2) is 24.3 Å². The summed E-state index contributed by atoms with van der Waals surface area (Å²) in [6, 6.07) is 6.32. The largest absolute Gasteiger partial charge is 0.302 e. The lowest BCUT2D eigenvalue weighted by Crippen LogP contribution is -2.17. The van der Waals surface area contributed by atoms with Crippen LogP contribution in [0.5, 0.6) is 0 Å². The summed E-state index contributed by atoms with van der Waals surface area (Å²) < 4.78 is 36.9. The fraction of sp³-hybridized carbons (Fsp3) is 0.400. The second kappa shape index (κ2) is 5.95. The van der Waals surface area contributed by atoms with Crippen molar-refractivity contribution in [3.8, 4) is 0 Å². The van der Waals surface area contributed by atoms with E-state index in [1.807, 2.05) is 6.92 Å². The molecule has 0 aliphatic heterocycles. The van der Waals surface area contributed by atoms with Gasteiger partial charge in [0.2, 0.25) is 0 Å². The van der Waals surface area contributed by atoms with Crippen LogP contribution in [0.2, 0.25) is 0 Å². The van der Waals surface area contributed by atoms with Gasteiger partial charge < -0.3 is 0 Å². The zero-order valence-electron chi connectivity index (χ0n) is 8.35. The molecule has 1 N–H and O–H groups in total. The highest BCUT2D eigenvalue weighted by molar-refractivity contribution is 7.74. The van der Waals surface area contributed by atoms with E-state index in [1.54, 1.807) is 18.2 Å². The van der Waals surface area contributed by atoms with Crippen molar-refractivity contribution in [3.05, 3.63) is 35.6 Å². The van der Waals surface area contributed by atoms with Crippen LogP contribution in [0.3, 0.4) is 0 Å². The van der Waals surface area contributed by atoms with Crippen LogP contribution >= 0.6 is 0 Å². The molecule has 0 fully saturated rings. The molecule has 0 aliphatic rings. The number of halogens is 1. The number of hydrogen-bond acceptors (Lipinski definition) is 2. The molecule has 0 spiro atoms. The van der Waals surface area contributed by atoms with E-state index in [0.717, 1.165) is 0 Å². The summed E-state index contributed by atoms with van der Waals surface area (Å²) in [5.41, 5.74) is 0.495. The van der Waals surface area contributed by atoms with Crippen LogP contribution in [0.25, 0.3) is 0 Å². The molecule has 0 heterocycles. The van der Waals surface area contributed by atoms with Gasteiger partial charge in [-0.15, -0.1) is 0 Å². The van der Waals surface area contributed by atoms with Crippen molar-refractivity contribution in [2.75, 3.05) is 0 Å². The van der Waals surface area contributed by atoms with Crippen LogP contribution < -0.4 is 0 Å². The molecule has 0 saturated heterocycles. The van der Waals surface area contributed by atoms with Crippen molar-refractivity contribution in [1.82, 2.24) is 0 Å². The molecule has 1 aromatic rings. The lowest BCUT2D eigenvalue weighted by molar-refractivity contribution is 0.198. The Kier molecular flexibility index (Phi) is 4.87. The second-order valence-corrected chi connectivity index (χ2v) is 3.77. The summed E-state index contributed by atoms with van der Waals surface area (Å²) in [5, 5.41) is 0. The van der Waals surface area contributed by atoms with E-state index in [4.69, 9.17) is 8.74 Å². The minimum atomic E-state index is -2.30. The Labute approximate surface area is 90.8 Å². The van der Waals surface area contributed by atoms with Gasteiger partial charge in [-0.2, -0.15) is 4.21 Å². The molecule has 0 radical (unpaired) electrons. The SMILES string of the molecule is CCC(Cc1ccccc1F)OS(=O)O. The van der Waals surface area contributed by atoms with Crippen molar-refractivity contribution >= 4 is 11.4 Å². The molecule has 0 aromatic heterocycles. The Morgan fingerprint density at radius 1 is 1.53 bits per heavy atom. The Morgan fingerprint density at radius 2 is 2.20 bits per heavy atom. The van der Waals surface area contributed by atoms with Gasteiger partial charge in [-0.05, 0) is 18.1 Å². The van der Waals surface area contributed by atoms with Gasteiger partial charge >= 0.3 is 11.4 Å². The van der Waals surface area contributed by atoms with Crippen molar-refractivity contribution < 1.29 is 17.3 Å². The van der Waals surface area contributed by atoms with Gasteiger partial charge in [0, 0.05) is 6.42 Å². The summed E-state index contributed by atoms with van der Waals surface area (Å²) in [4.78, 5) is 0. The quantitative estimate of drug-likeness (QED) is 0.792. The minimum Gasteiger partial charge on any atom is -0.284 e. The number of benzene rings is 1. The second-order valence-electron chi connectivity index (χ2n) is 3.14. The first kappa shape index (κ1) is 12.3. The lowest BCUT2D eigenvalue weighted by atomic mass is 10.1. The van der Waals surface area contributed by atoms with Crippen LogP contribution in [0.4, 0.5) is 4.39 Å². The van der Waals surface area contributed by atoms with Crippen molar-refractivity contribution in [1.29, 1.82) is 0 Å². The van der Waals surface area contributed by atoms with Crippen LogP contribution in [0.1, 0.15) is 18.9 Å². The molecule has 0 amide bonds. The predicted molar refractivity (Wildman–Crippen MR) is 56.0 cm³/mol. The molecule has 1 aromatic carbocycles. The van der Waals surface area contributed by atoms with Crippen LogP contribution in [0, 0.1) is 5.82 Å². The zero-order chi connectivity index (χ0) is 11.3. The maximum Gasteiger partial charge on any atom is 0.302 e. The normalized spacial score (nSPS) is 14.9. The third-order valence-electron chi connectivity index (χ3n) is 2.08. The Bertz CT molecular complexity index is 343. The van der Waals surface area contributed by atoms with Gasteiger partial charge in [0.05, 0.1) is 6.10 Å². The maximum atomic E-state index is 13.2. The standard InChI is InChI=1S/C10H13FO3S/c1-2-9(14-15(12)13)7-8-5-3-4-6-10(8)11/h3-6,9H,2,7H2,1H3,(H,12,13). The van der Waals surface area contributed by atoms with Gasteiger partial charge in [0.15, 0.2) is 0 Å². The highest BCUT2D eigenvalue weighted by Crippen LogP contribution is 2.13. The third-order valence-corrected chi connectivity index (χ3v) is 2.52. The van der Waals surface area contributed by atoms with E-state index >= 15 is 0 Å². The minimum absolute atomic E-state index is 0.301. The van der Waals surface area contributed by atoms with Gasteiger partial charge in [-0.3, -0.25) is 8.74 Å². The molecule has 2 unspecified atom stereocenters. The molecular weight excluding hydrogens is 219 g/mol. The fourth-order valence-corrected chi connectivity index (χ4v) is 1.71. The van der Waals surface area contributed by atoms with Crippen LogP contribution in [-0.4, -0.2) is 14.9 Å². The molecule has 5 heteroatoms. The Morgan fingerprint density at radius 3 is 2.73 bits per heavy atom. The molecule has 1 rings (SSSR count). The topological polar surface area (TPSA) is 46.5 Å². The number of hydrogen-bond donors (Lipinski definition) is 1. The first-order valence-electron chi connectivity index (χ1n) is 4.65. The van der Waals surface area contributed by atoms with Gasteiger partial charge in [0.25, 0.3) is 0 Å². The highest BCUT2D eigenvalue weighted by Gasteiger charge is 2.13.